The molecule has 30 heavy (non-hydrogen) atoms. The summed E-state index contributed by atoms with van der Waals surface area (Å²) in [5.74, 6) is -0.164. The number of thiol groups is 2. The topological polar surface area (TPSA) is 82.9 Å². The molecule has 0 saturated carbocycles. The molecular weight excluding hydrogens is 422 g/mol. The van der Waals surface area contributed by atoms with E-state index in [0.29, 0.717) is 11.5 Å². The summed E-state index contributed by atoms with van der Waals surface area (Å²) in [6.07, 6.45) is 1.82. The summed E-state index contributed by atoms with van der Waals surface area (Å²) < 4.78 is 10.9. The van der Waals surface area contributed by atoms with Gasteiger partial charge in [-0.05, 0) is 38.0 Å². The zero-order chi connectivity index (χ0) is 21.8. The van der Waals surface area contributed by atoms with Gasteiger partial charge < -0.3 is 19.3 Å². The van der Waals surface area contributed by atoms with Crippen LogP contribution in [0.25, 0.3) is 0 Å². The Morgan fingerprint density at radius 2 is 2.03 bits per heavy atom. The first-order valence-corrected chi connectivity index (χ1v) is 10.6. The molecule has 5 atom stereocenters. The van der Waals surface area contributed by atoms with Gasteiger partial charge in [0.2, 0.25) is 6.79 Å². The third kappa shape index (κ3) is 2.81. The molecule has 7 nitrogen and oxygen atoms in total. The number of hydrogen-bond donors (Lipinski definition) is 2. The Kier molecular flexibility index (Phi) is 4.98. The van der Waals surface area contributed by atoms with Crippen molar-refractivity contribution >= 4 is 37.1 Å². The molecule has 9 heteroatoms. The lowest BCUT2D eigenvalue weighted by Gasteiger charge is -2.51. The van der Waals surface area contributed by atoms with Gasteiger partial charge in [-0.15, -0.1) is 31.8 Å². The molecule has 1 aromatic rings. The molecule has 158 valence electrons. The standard InChI is InChI=1S/C21H23N3O4S2/c1-4-7-23-19(26)21(30)9-14(12(2)10-22)17(24(21)18(25)20(23,3)29)13-5-6-15-16(8-13)28-11-27-15/h4-6,8,12,14,17,29-30H,1,7,9,11H2,2-3H3/t12-,14?,17?,20?,21?/m0/s1. The average Bonchev–Trinajstić information content (AvgIpc) is 3.31. The van der Waals surface area contributed by atoms with Gasteiger partial charge in [-0.1, -0.05) is 12.1 Å². The second-order valence-electron chi connectivity index (χ2n) is 8.06. The number of carbonyl (C=O) groups is 2. The van der Waals surface area contributed by atoms with Crippen LogP contribution < -0.4 is 9.47 Å². The summed E-state index contributed by atoms with van der Waals surface area (Å²) in [6, 6.07) is 7.20. The van der Waals surface area contributed by atoms with Gasteiger partial charge in [0.1, 0.15) is 0 Å². The lowest BCUT2D eigenvalue weighted by molar-refractivity contribution is -0.164. The summed E-state index contributed by atoms with van der Waals surface area (Å²) in [4.78, 5) is 27.4. The zero-order valence-electron chi connectivity index (χ0n) is 16.7. The summed E-state index contributed by atoms with van der Waals surface area (Å²) in [6.45, 7) is 7.40. The van der Waals surface area contributed by atoms with Gasteiger partial charge in [-0.2, -0.15) is 5.26 Å². The van der Waals surface area contributed by atoms with Gasteiger partial charge in [0.25, 0.3) is 11.8 Å². The van der Waals surface area contributed by atoms with Crippen LogP contribution in [0.15, 0.2) is 30.9 Å². The molecule has 0 spiro atoms. The Hall–Kier alpha value is -2.31. The molecule has 0 aliphatic carbocycles. The fraction of sp³-hybridized carbons (Fsp3) is 0.476. The van der Waals surface area contributed by atoms with Crippen LogP contribution in [0.1, 0.15) is 31.9 Å². The summed E-state index contributed by atoms with van der Waals surface area (Å²) >= 11 is 9.32. The van der Waals surface area contributed by atoms with E-state index in [0.717, 1.165) is 5.56 Å². The number of nitrogens with zero attached hydrogens (tertiary/aromatic N) is 3. The van der Waals surface area contributed by atoms with Gasteiger partial charge in [0.15, 0.2) is 21.2 Å². The second-order valence-corrected chi connectivity index (χ2v) is 9.67. The quantitative estimate of drug-likeness (QED) is 0.550. The van der Waals surface area contributed by atoms with Crippen molar-refractivity contribution in [2.45, 2.75) is 36.1 Å². The van der Waals surface area contributed by atoms with E-state index < -0.39 is 21.7 Å². The second kappa shape index (κ2) is 7.13. The molecule has 4 rings (SSSR count). The van der Waals surface area contributed by atoms with E-state index >= 15 is 0 Å². The minimum atomic E-state index is -1.38. The number of ether oxygens (including phenoxy) is 2. The molecule has 0 aromatic heterocycles. The van der Waals surface area contributed by atoms with Crippen molar-refractivity contribution in [3.05, 3.63) is 36.4 Å². The Labute approximate surface area is 186 Å². The third-order valence-corrected chi connectivity index (χ3v) is 7.26. The Bertz CT molecular complexity index is 975. The molecule has 3 aliphatic rings. The highest BCUT2D eigenvalue weighted by molar-refractivity contribution is 7.83. The molecule has 1 aromatic carbocycles. The highest BCUT2D eigenvalue weighted by Crippen LogP contribution is 2.56. The average molecular weight is 446 g/mol. The third-order valence-electron chi connectivity index (χ3n) is 6.24. The minimum absolute atomic E-state index is 0.129. The van der Waals surface area contributed by atoms with Crippen molar-refractivity contribution in [2.75, 3.05) is 13.3 Å². The number of fused-ring (bicyclic) bond motifs is 2. The molecule has 3 heterocycles. The number of carbonyl (C=O) groups excluding carboxylic acids is 2. The van der Waals surface area contributed by atoms with Crippen LogP contribution in [0.3, 0.4) is 0 Å². The maximum Gasteiger partial charge on any atom is 0.260 e. The van der Waals surface area contributed by atoms with Crippen LogP contribution in [0.5, 0.6) is 11.5 Å². The summed E-state index contributed by atoms with van der Waals surface area (Å²) in [5, 5.41) is 9.66. The van der Waals surface area contributed by atoms with Crippen LogP contribution in [0, 0.1) is 23.2 Å². The van der Waals surface area contributed by atoms with Gasteiger partial charge >= 0.3 is 0 Å². The van der Waals surface area contributed by atoms with Crippen LogP contribution in [-0.2, 0) is 9.59 Å². The SMILES string of the molecule is C=CCN1C(=O)C2(S)CC([C@@H](C)C#N)C(c3ccc4c(c3)OCO4)N2C(=O)C1(C)S. The Balaban J connectivity index is 1.86. The monoisotopic (exact) mass is 445 g/mol. The first-order valence-electron chi connectivity index (χ1n) is 9.67. The molecular formula is C21H23N3O4S2. The van der Waals surface area contributed by atoms with Crippen molar-refractivity contribution in [1.82, 2.24) is 9.80 Å². The molecule has 2 amide bonds. The number of benzene rings is 1. The molecule has 0 N–H and O–H groups in total. The van der Waals surface area contributed by atoms with Gasteiger partial charge in [0, 0.05) is 18.4 Å². The fourth-order valence-corrected chi connectivity index (χ4v) is 5.46. The van der Waals surface area contributed by atoms with E-state index in [1.807, 2.05) is 12.1 Å². The van der Waals surface area contributed by atoms with E-state index in [2.05, 4.69) is 25.3 Å². The van der Waals surface area contributed by atoms with E-state index in [4.69, 9.17) is 22.1 Å². The zero-order valence-corrected chi connectivity index (χ0v) is 18.5. The lowest BCUT2D eigenvalue weighted by Crippen LogP contribution is -2.70. The predicted octanol–water partition coefficient (Wildman–Crippen LogP) is 2.76. The number of piperazine rings is 1. The van der Waals surface area contributed by atoms with Crippen molar-refractivity contribution in [2.24, 2.45) is 11.8 Å². The van der Waals surface area contributed by atoms with Crippen molar-refractivity contribution < 1.29 is 19.1 Å². The number of hydrogen-bond acceptors (Lipinski definition) is 7. The van der Waals surface area contributed by atoms with Gasteiger partial charge in [0.05, 0.1) is 12.1 Å². The van der Waals surface area contributed by atoms with Gasteiger partial charge in [-0.3, -0.25) is 9.59 Å². The van der Waals surface area contributed by atoms with E-state index in [1.165, 1.54) is 9.80 Å². The van der Waals surface area contributed by atoms with E-state index in [9.17, 15) is 14.9 Å². The van der Waals surface area contributed by atoms with Gasteiger partial charge in [-0.25, -0.2) is 0 Å². The maximum absolute atomic E-state index is 13.7. The minimum Gasteiger partial charge on any atom is -0.454 e. The first kappa shape index (κ1) is 20.9. The van der Waals surface area contributed by atoms with Crippen LogP contribution in [0.4, 0.5) is 0 Å². The molecule has 3 aliphatic heterocycles. The molecule has 0 radical (unpaired) electrons. The first-order chi connectivity index (χ1) is 14.2. The summed E-state index contributed by atoms with van der Waals surface area (Å²) in [7, 11) is 0. The van der Waals surface area contributed by atoms with Crippen LogP contribution >= 0.6 is 25.3 Å². The highest BCUT2D eigenvalue weighted by atomic mass is 32.1. The van der Waals surface area contributed by atoms with Crippen molar-refractivity contribution in [1.29, 1.82) is 5.26 Å². The Morgan fingerprint density at radius 3 is 2.70 bits per heavy atom. The lowest BCUT2D eigenvalue weighted by atomic mass is 9.84. The molecule has 4 unspecified atom stereocenters. The number of rotatable bonds is 4. The van der Waals surface area contributed by atoms with E-state index in [1.54, 1.807) is 26.0 Å². The van der Waals surface area contributed by atoms with Crippen molar-refractivity contribution in [3.63, 3.8) is 0 Å². The predicted molar refractivity (Wildman–Crippen MR) is 116 cm³/mol. The molecule has 2 saturated heterocycles. The number of nitriles is 1. The van der Waals surface area contributed by atoms with E-state index in [-0.39, 0.29) is 37.5 Å². The van der Waals surface area contributed by atoms with Crippen molar-refractivity contribution in [3.8, 4) is 17.6 Å². The Morgan fingerprint density at radius 1 is 1.33 bits per heavy atom. The van der Waals surface area contributed by atoms with Crippen LogP contribution in [0.2, 0.25) is 0 Å². The number of amides is 2. The van der Waals surface area contributed by atoms with Crippen LogP contribution in [-0.4, -0.2) is 44.7 Å². The smallest absolute Gasteiger partial charge is 0.260 e. The highest BCUT2D eigenvalue weighted by Gasteiger charge is 2.66. The molecule has 2 fully saturated rings. The largest absolute Gasteiger partial charge is 0.454 e. The fourth-order valence-electron chi connectivity index (χ4n) is 4.63. The molecule has 0 bridgehead atoms. The summed E-state index contributed by atoms with van der Waals surface area (Å²) in [5.41, 5.74) is 0.768. The maximum atomic E-state index is 13.7. The normalized spacial score (nSPS) is 33.3.